The maximum atomic E-state index is 12.4. The predicted octanol–water partition coefficient (Wildman–Crippen LogP) is 1.45. The molecule has 1 N–H and O–H groups in total. The van der Waals surface area contributed by atoms with Crippen LogP contribution in [0.1, 0.15) is 10.4 Å². The van der Waals surface area contributed by atoms with Gasteiger partial charge < -0.3 is 14.8 Å². The monoisotopic (exact) mass is 298 g/mol. The SMILES string of the molecule is COc1cc(OC)c(C(=O)CN2CCNCC2)cc1Cl. The van der Waals surface area contributed by atoms with Crippen molar-refractivity contribution in [1.29, 1.82) is 0 Å². The number of piperazine rings is 1. The molecule has 2 rings (SSSR count). The molecule has 1 aliphatic heterocycles. The molecule has 0 radical (unpaired) electrons. The average molecular weight is 299 g/mol. The first-order valence-corrected chi connectivity index (χ1v) is 6.91. The fourth-order valence-corrected chi connectivity index (χ4v) is 2.48. The van der Waals surface area contributed by atoms with E-state index in [9.17, 15) is 4.79 Å². The number of halogens is 1. The minimum atomic E-state index is 0.00769. The zero-order chi connectivity index (χ0) is 14.5. The third-order valence-electron chi connectivity index (χ3n) is 3.35. The second-order valence-electron chi connectivity index (χ2n) is 4.64. The van der Waals surface area contributed by atoms with Crippen molar-refractivity contribution < 1.29 is 14.3 Å². The van der Waals surface area contributed by atoms with Crippen LogP contribution < -0.4 is 14.8 Å². The van der Waals surface area contributed by atoms with E-state index in [2.05, 4.69) is 10.2 Å². The number of carbonyl (C=O) groups is 1. The van der Waals surface area contributed by atoms with Crippen molar-refractivity contribution in [3.05, 3.63) is 22.7 Å². The standard InChI is InChI=1S/C14H19ClN2O3/c1-19-13-8-14(20-2)11(15)7-10(13)12(18)9-17-5-3-16-4-6-17/h7-8,16H,3-6,9H2,1-2H3. The molecule has 1 aromatic rings. The maximum Gasteiger partial charge on any atom is 0.180 e. The van der Waals surface area contributed by atoms with Crippen LogP contribution in [0.2, 0.25) is 5.02 Å². The van der Waals surface area contributed by atoms with E-state index in [-0.39, 0.29) is 5.78 Å². The molecule has 0 spiro atoms. The summed E-state index contributed by atoms with van der Waals surface area (Å²) in [5, 5.41) is 3.67. The van der Waals surface area contributed by atoms with Gasteiger partial charge in [-0.3, -0.25) is 9.69 Å². The first-order chi connectivity index (χ1) is 9.65. The van der Waals surface area contributed by atoms with Crippen molar-refractivity contribution in [2.75, 3.05) is 46.9 Å². The molecule has 1 heterocycles. The predicted molar refractivity (Wildman–Crippen MR) is 78.2 cm³/mol. The number of benzene rings is 1. The summed E-state index contributed by atoms with van der Waals surface area (Å²) in [6, 6.07) is 3.26. The highest BCUT2D eigenvalue weighted by molar-refractivity contribution is 6.32. The Hall–Kier alpha value is -1.30. The summed E-state index contributed by atoms with van der Waals surface area (Å²) < 4.78 is 10.4. The summed E-state index contributed by atoms with van der Waals surface area (Å²) in [7, 11) is 3.06. The number of Topliss-reactive ketones (excluding diaryl/α,β-unsaturated/α-hetero) is 1. The van der Waals surface area contributed by atoms with Crippen LogP contribution in [-0.4, -0.2) is 57.6 Å². The number of ketones is 1. The highest BCUT2D eigenvalue weighted by Crippen LogP contribution is 2.32. The van der Waals surface area contributed by atoms with Gasteiger partial charge in [0.1, 0.15) is 11.5 Å². The number of nitrogens with one attached hydrogen (secondary N) is 1. The molecular weight excluding hydrogens is 280 g/mol. The van der Waals surface area contributed by atoms with Crippen LogP contribution in [0.25, 0.3) is 0 Å². The van der Waals surface area contributed by atoms with E-state index in [1.54, 1.807) is 12.1 Å². The number of hydrogen-bond acceptors (Lipinski definition) is 5. The molecule has 1 saturated heterocycles. The topological polar surface area (TPSA) is 50.8 Å². The van der Waals surface area contributed by atoms with Crippen molar-refractivity contribution in [3.8, 4) is 11.5 Å². The smallest absolute Gasteiger partial charge is 0.180 e. The Labute approximate surface area is 123 Å². The molecule has 0 amide bonds. The minimum absolute atomic E-state index is 0.00769. The van der Waals surface area contributed by atoms with Gasteiger partial charge in [-0.25, -0.2) is 0 Å². The van der Waals surface area contributed by atoms with Gasteiger partial charge in [-0.05, 0) is 6.07 Å². The molecule has 110 valence electrons. The van der Waals surface area contributed by atoms with Crippen molar-refractivity contribution in [2.24, 2.45) is 0 Å². The number of rotatable bonds is 5. The highest BCUT2D eigenvalue weighted by atomic mass is 35.5. The third kappa shape index (κ3) is 3.42. The number of ether oxygens (including phenoxy) is 2. The summed E-state index contributed by atoms with van der Waals surface area (Å²) in [6.07, 6.45) is 0. The molecule has 0 atom stereocenters. The van der Waals surface area contributed by atoms with Gasteiger partial charge in [0.25, 0.3) is 0 Å². The van der Waals surface area contributed by atoms with E-state index in [0.29, 0.717) is 28.6 Å². The van der Waals surface area contributed by atoms with E-state index >= 15 is 0 Å². The lowest BCUT2D eigenvalue weighted by atomic mass is 10.1. The van der Waals surface area contributed by atoms with Gasteiger partial charge in [-0.15, -0.1) is 0 Å². The Balaban J connectivity index is 2.17. The maximum absolute atomic E-state index is 12.4. The van der Waals surface area contributed by atoms with Gasteiger partial charge in [-0.1, -0.05) is 11.6 Å². The Morgan fingerprint density at radius 3 is 2.50 bits per heavy atom. The lowest BCUT2D eigenvalue weighted by molar-refractivity contribution is 0.0918. The minimum Gasteiger partial charge on any atom is -0.496 e. The summed E-state index contributed by atoms with van der Waals surface area (Å²) in [6.45, 7) is 3.94. The molecule has 0 aromatic heterocycles. The number of hydrogen-bond donors (Lipinski definition) is 1. The molecule has 20 heavy (non-hydrogen) atoms. The zero-order valence-electron chi connectivity index (χ0n) is 11.7. The Morgan fingerprint density at radius 2 is 1.90 bits per heavy atom. The van der Waals surface area contributed by atoms with Crippen LogP contribution in [0, 0.1) is 0 Å². The van der Waals surface area contributed by atoms with Gasteiger partial charge in [0.05, 0.1) is 31.4 Å². The molecule has 0 bridgehead atoms. The Kier molecular flexibility index (Phi) is 5.23. The normalized spacial score (nSPS) is 15.9. The van der Waals surface area contributed by atoms with Gasteiger partial charge in [-0.2, -0.15) is 0 Å². The number of carbonyl (C=O) groups excluding carboxylic acids is 1. The molecule has 6 heteroatoms. The van der Waals surface area contributed by atoms with E-state index in [1.807, 2.05) is 0 Å². The molecule has 5 nitrogen and oxygen atoms in total. The summed E-state index contributed by atoms with van der Waals surface area (Å²) >= 11 is 6.09. The lowest BCUT2D eigenvalue weighted by Gasteiger charge is -2.26. The molecule has 1 aromatic carbocycles. The molecule has 1 fully saturated rings. The van der Waals surface area contributed by atoms with Crippen molar-refractivity contribution in [3.63, 3.8) is 0 Å². The number of methoxy groups -OCH3 is 2. The summed E-state index contributed by atoms with van der Waals surface area (Å²) in [5.74, 6) is 1.00. The molecular formula is C14H19ClN2O3. The van der Waals surface area contributed by atoms with Crippen LogP contribution in [0.5, 0.6) is 11.5 Å². The lowest BCUT2D eigenvalue weighted by Crippen LogP contribution is -2.45. The second-order valence-corrected chi connectivity index (χ2v) is 5.04. The van der Waals surface area contributed by atoms with Crippen LogP contribution >= 0.6 is 11.6 Å². The quantitative estimate of drug-likeness (QED) is 0.834. The van der Waals surface area contributed by atoms with Gasteiger partial charge in [0, 0.05) is 32.2 Å². The van der Waals surface area contributed by atoms with Gasteiger partial charge >= 0.3 is 0 Å². The Bertz CT molecular complexity index is 488. The second kappa shape index (κ2) is 6.92. The van der Waals surface area contributed by atoms with Gasteiger partial charge in [0.15, 0.2) is 5.78 Å². The molecule has 0 unspecified atom stereocenters. The van der Waals surface area contributed by atoms with E-state index < -0.39 is 0 Å². The fraction of sp³-hybridized carbons (Fsp3) is 0.500. The molecule has 1 aliphatic rings. The summed E-state index contributed by atoms with van der Waals surface area (Å²) in [5.41, 5.74) is 0.497. The van der Waals surface area contributed by atoms with Crippen LogP contribution in [0.15, 0.2) is 12.1 Å². The average Bonchev–Trinajstić information content (AvgIpc) is 2.48. The van der Waals surface area contributed by atoms with Crippen molar-refractivity contribution >= 4 is 17.4 Å². The largest absolute Gasteiger partial charge is 0.496 e. The van der Waals surface area contributed by atoms with Crippen LogP contribution in [0.4, 0.5) is 0 Å². The first kappa shape index (κ1) is 15.1. The fourth-order valence-electron chi connectivity index (χ4n) is 2.24. The molecule has 0 saturated carbocycles. The number of nitrogens with zero attached hydrogens (tertiary/aromatic N) is 1. The van der Waals surface area contributed by atoms with E-state index in [4.69, 9.17) is 21.1 Å². The van der Waals surface area contributed by atoms with E-state index in [1.165, 1.54) is 14.2 Å². The summed E-state index contributed by atoms with van der Waals surface area (Å²) in [4.78, 5) is 14.5. The van der Waals surface area contributed by atoms with Gasteiger partial charge in [0.2, 0.25) is 0 Å². The van der Waals surface area contributed by atoms with Crippen LogP contribution in [-0.2, 0) is 0 Å². The zero-order valence-corrected chi connectivity index (χ0v) is 12.5. The first-order valence-electron chi connectivity index (χ1n) is 6.53. The third-order valence-corrected chi connectivity index (χ3v) is 3.65. The molecule has 0 aliphatic carbocycles. The van der Waals surface area contributed by atoms with E-state index in [0.717, 1.165) is 26.2 Å². The van der Waals surface area contributed by atoms with Crippen molar-refractivity contribution in [1.82, 2.24) is 10.2 Å². The van der Waals surface area contributed by atoms with Crippen LogP contribution in [0.3, 0.4) is 0 Å². The highest BCUT2D eigenvalue weighted by Gasteiger charge is 2.20. The van der Waals surface area contributed by atoms with Crippen molar-refractivity contribution in [2.45, 2.75) is 0 Å². The Morgan fingerprint density at radius 1 is 1.25 bits per heavy atom.